The number of benzene rings is 2. The van der Waals surface area contributed by atoms with Crippen molar-refractivity contribution in [2.45, 2.75) is 0 Å². The number of nitrogens with zero attached hydrogens (tertiary/aromatic N) is 2. The molecule has 0 spiro atoms. The van der Waals surface area contributed by atoms with E-state index in [0.717, 1.165) is 27.5 Å². The number of para-hydroxylation sites is 2. The van der Waals surface area contributed by atoms with Crippen LogP contribution in [-0.2, 0) is 4.74 Å². The zero-order valence-electron chi connectivity index (χ0n) is 10.8. The van der Waals surface area contributed by atoms with E-state index < -0.39 is 0 Å². The summed E-state index contributed by atoms with van der Waals surface area (Å²) in [5.74, 6) is 0. The average molecular weight is 263 g/mol. The second-order valence-electron chi connectivity index (χ2n) is 4.68. The zero-order chi connectivity index (χ0) is 13.4. The van der Waals surface area contributed by atoms with E-state index in [0.29, 0.717) is 19.2 Å². The van der Waals surface area contributed by atoms with E-state index in [4.69, 9.17) is 9.72 Å². The topological polar surface area (TPSA) is 46.5 Å². The molecule has 1 N–H and O–H groups in total. The van der Waals surface area contributed by atoms with Gasteiger partial charge >= 0.3 is 0 Å². The minimum Gasteiger partial charge on any atom is -0.463 e. The lowest BCUT2D eigenvalue weighted by atomic mass is 10.1. The number of anilines is 1. The molecule has 1 aliphatic rings. The fraction of sp³-hybridized carbons (Fsp3) is 0.125. The molecule has 2 aromatic carbocycles. The predicted octanol–water partition coefficient (Wildman–Crippen LogP) is 3.19. The smallest absolute Gasteiger partial charge is 0.289 e. The lowest BCUT2D eigenvalue weighted by Crippen LogP contribution is -2.12. The molecule has 0 saturated carbocycles. The Balaban J connectivity index is 2.01. The number of hydrogen-bond donors (Lipinski definition) is 1. The van der Waals surface area contributed by atoms with E-state index in [1.807, 2.05) is 36.4 Å². The number of pyridine rings is 1. The van der Waals surface area contributed by atoms with Crippen LogP contribution in [0, 0.1) is 0 Å². The van der Waals surface area contributed by atoms with E-state index in [1.54, 1.807) is 0 Å². The van der Waals surface area contributed by atoms with Gasteiger partial charge < -0.3 is 10.1 Å². The fourth-order valence-corrected chi connectivity index (χ4v) is 2.49. The van der Waals surface area contributed by atoms with Gasteiger partial charge in [-0.25, -0.2) is 9.98 Å². The second-order valence-corrected chi connectivity index (χ2v) is 4.68. The minimum atomic E-state index is 0.589. The number of aliphatic imine (C=N–C) groups is 1. The van der Waals surface area contributed by atoms with Crippen molar-refractivity contribution in [1.82, 2.24) is 4.98 Å². The number of ether oxygens (including phenoxy) is 1. The minimum absolute atomic E-state index is 0.589. The molecular formula is C16H13N3O. The Morgan fingerprint density at radius 1 is 0.900 bits per heavy atom. The molecule has 3 aromatic rings. The predicted molar refractivity (Wildman–Crippen MR) is 81.1 cm³/mol. The third kappa shape index (κ3) is 1.77. The summed E-state index contributed by atoms with van der Waals surface area (Å²) in [6.45, 7) is 1.35. The summed E-state index contributed by atoms with van der Waals surface area (Å²) in [5.41, 5.74) is 2.94. The van der Waals surface area contributed by atoms with E-state index in [9.17, 15) is 0 Å². The highest BCUT2D eigenvalue weighted by molar-refractivity contribution is 6.12. The van der Waals surface area contributed by atoms with Gasteiger partial charge in [0.15, 0.2) is 0 Å². The van der Waals surface area contributed by atoms with Crippen LogP contribution in [0.4, 0.5) is 5.69 Å². The molecule has 0 aliphatic carbocycles. The third-order valence-corrected chi connectivity index (χ3v) is 3.41. The van der Waals surface area contributed by atoms with Gasteiger partial charge in [-0.2, -0.15) is 0 Å². The summed E-state index contributed by atoms with van der Waals surface area (Å²) >= 11 is 0. The van der Waals surface area contributed by atoms with Crippen LogP contribution in [0.25, 0.3) is 21.8 Å². The van der Waals surface area contributed by atoms with Crippen LogP contribution in [0.1, 0.15) is 0 Å². The van der Waals surface area contributed by atoms with Crippen LogP contribution >= 0.6 is 0 Å². The first-order chi connectivity index (χ1) is 9.92. The second kappa shape index (κ2) is 4.49. The lowest BCUT2D eigenvalue weighted by molar-refractivity contribution is 0.346. The molecule has 0 fully saturated rings. The zero-order valence-corrected chi connectivity index (χ0v) is 10.8. The van der Waals surface area contributed by atoms with Crippen molar-refractivity contribution in [3.05, 3.63) is 48.5 Å². The molecule has 4 heteroatoms. The van der Waals surface area contributed by atoms with E-state index >= 15 is 0 Å². The molecule has 2 heterocycles. The molecular weight excluding hydrogens is 250 g/mol. The average Bonchev–Trinajstić information content (AvgIpc) is 3.00. The van der Waals surface area contributed by atoms with E-state index in [-0.39, 0.29) is 0 Å². The molecule has 20 heavy (non-hydrogen) atoms. The van der Waals surface area contributed by atoms with Gasteiger partial charge in [0.1, 0.15) is 6.61 Å². The maximum atomic E-state index is 5.47. The molecule has 0 radical (unpaired) electrons. The summed E-state index contributed by atoms with van der Waals surface area (Å²) in [6.07, 6.45) is 0. The van der Waals surface area contributed by atoms with Crippen molar-refractivity contribution in [3.63, 3.8) is 0 Å². The SMILES string of the molecule is c1ccc2c(NC3=NCCO3)c3ccccc3nc2c1. The number of rotatable bonds is 1. The monoisotopic (exact) mass is 263 g/mol. The Hall–Kier alpha value is -2.62. The largest absolute Gasteiger partial charge is 0.463 e. The maximum absolute atomic E-state index is 5.47. The quantitative estimate of drug-likeness (QED) is 0.686. The van der Waals surface area contributed by atoms with Gasteiger partial charge in [-0.1, -0.05) is 36.4 Å². The summed E-state index contributed by atoms with van der Waals surface area (Å²) < 4.78 is 5.47. The number of hydrogen-bond acceptors (Lipinski definition) is 4. The van der Waals surface area contributed by atoms with Crippen LogP contribution in [0.5, 0.6) is 0 Å². The van der Waals surface area contributed by atoms with Gasteiger partial charge in [-0.15, -0.1) is 0 Å². The molecule has 0 unspecified atom stereocenters. The number of fused-ring (bicyclic) bond motifs is 2. The van der Waals surface area contributed by atoms with Crippen LogP contribution in [0.3, 0.4) is 0 Å². The molecule has 1 aromatic heterocycles. The molecule has 98 valence electrons. The van der Waals surface area contributed by atoms with Crippen molar-refractivity contribution in [1.29, 1.82) is 0 Å². The first-order valence-electron chi connectivity index (χ1n) is 6.63. The Morgan fingerprint density at radius 3 is 2.15 bits per heavy atom. The molecule has 4 rings (SSSR count). The Bertz CT molecular complexity index is 772. The first-order valence-corrected chi connectivity index (χ1v) is 6.63. The molecule has 0 amide bonds. The number of aromatic nitrogens is 1. The van der Waals surface area contributed by atoms with Gasteiger partial charge in [0.2, 0.25) is 0 Å². The van der Waals surface area contributed by atoms with Gasteiger partial charge in [0, 0.05) is 10.8 Å². The Morgan fingerprint density at radius 2 is 1.55 bits per heavy atom. The number of nitrogens with one attached hydrogen (secondary N) is 1. The molecule has 1 aliphatic heterocycles. The van der Waals surface area contributed by atoms with Gasteiger partial charge in [-0.05, 0) is 12.1 Å². The summed E-state index contributed by atoms with van der Waals surface area (Å²) in [6, 6.07) is 16.8. The van der Waals surface area contributed by atoms with Crippen LogP contribution in [-0.4, -0.2) is 24.2 Å². The van der Waals surface area contributed by atoms with Crippen LogP contribution in [0.2, 0.25) is 0 Å². The van der Waals surface area contributed by atoms with Crippen molar-refractivity contribution in [3.8, 4) is 0 Å². The Labute approximate surface area is 116 Å². The lowest BCUT2D eigenvalue weighted by Gasteiger charge is -2.12. The maximum Gasteiger partial charge on any atom is 0.289 e. The molecule has 0 saturated heterocycles. The Kier molecular flexibility index (Phi) is 2.52. The van der Waals surface area contributed by atoms with Crippen LogP contribution in [0.15, 0.2) is 53.5 Å². The normalized spacial score (nSPS) is 14.3. The van der Waals surface area contributed by atoms with E-state index in [1.165, 1.54) is 0 Å². The highest BCUT2D eigenvalue weighted by Crippen LogP contribution is 2.30. The fourth-order valence-electron chi connectivity index (χ4n) is 2.49. The van der Waals surface area contributed by atoms with Gasteiger partial charge in [0.25, 0.3) is 6.02 Å². The molecule has 0 atom stereocenters. The first kappa shape index (κ1) is 11.2. The van der Waals surface area contributed by atoms with Crippen molar-refractivity contribution >= 4 is 33.5 Å². The van der Waals surface area contributed by atoms with Gasteiger partial charge in [-0.3, -0.25) is 0 Å². The number of amidine groups is 1. The highest BCUT2D eigenvalue weighted by Gasteiger charge is 2.13. The van der Waals surface area contributed by atoms with Crippen molar-refractivity contribution < 1.29 is 4.74 Å². The highest BCUT2D eigenvalue weighted by atomic mass is 16.5. The molecule has 4 nitrogen and oxygen atoms in total. The standard InChI is InChI=1S/C16H13N3O/c1-3-7-13-11(5-1)15(19-16-17-9-10-20-16)12-6-2-4-8-14(12)18-13/h1-8H,9-10H2,(H,17,18,19). The van der Waals surface area contributed by atoms with Crippen LogP contribution < -0.4 is 5.32 Å². The summed E-state index contributed by atoms with van der Waals surface area (Å²) in [5, 5.41) is 5.46. The summed E-state index contributed by atoms with van der Waals surface area (Å²) in [4.78, 5) is 9.00. The van der Waals surface area contributed by atoms with Crippen molar-refractivity contribution in [2.24, 2.45) is 4.99 Å². The van der Waals surface area contributed by atoms with Crippen molar-refractivity contribution in [2.75, 3.05) is 18.5 Å². The molecule has 0 bridgehead atoms. The van der Waals surface area contributed by atoms with Gasteiger partial charge in [0.05, 0.1) is 23.3 Å². The third-order valence-electron chi connectivity index (χ3n) is 3.41. The van der Waals surface area contributed by atoms with E-state index in [2.05, 4.69) is 22.4 Å². The summed E-state index contributed by atoms with van der Waals surface area (Å²) in [7, 11) is 0.